The van der Waals surface area contributed by atoms with E-state index >= 15 is 0 Å². The topological polar surface area (TPSA) is 103 Å². The molecule has 0 saturated carbocycles. The highest BCUT2D eigenvalue weighted by atomic mass is 16.3. The SMILES string of the molecule is O=C(c1cnn2cc(CCO)cnc12)N1CCNCC(O)C1. The van der Waals surface area contributed by atoms with E-state index in [4.69, 9.17) is 5.11 Å². The number of hydrogen-bond donors (Lipinski definition) is 3. The zero-order valence-corrected chi connectivity index (χ0v) is 12.1. The number of β-amino-alcohol motifs (C(OH)–C–C–N with tert-alkyl or cyclic N) is 1. The van der Waals surface area contributed by atoms with E-state index in [9.17, 15) is 9.90 Å². The summed E-state index contributed by atoms with van der Waals surface area (Å²) in [6.07, 6.45) is 4.82. The average Bonchev–Trinajstić information content (AvgIpc) is 2.80. The molecule has 3 heterocycles. The molecular formula is C14H19N5O3. The maximum atomic E-state index is 12.6. The minimum atomic E-state index is -0.572. The summed E-state index contributed by atoms with van der Waals surface area (Å²) in [7, 11) is 0. The van der Waals surface area contributed by atoms with Crippen molar-refractivity contribution in [2.24, 2.45) is 0 Å². The van der Waals surface area contributed by atoms with Crippen molar-refractivity contribution in [1.29, 1.82) is 0 Å². The van der Waals surface area contributed by atoms with Crippen LogP contribution in [0.1, 0.15) is 15.9 Å². The van der Waals surface area contributed by atoms with Crippen LogP contribution in [0.2, 0.25) is 0 Å². The van der Waals surface area contributed by atoms with Crippen LogP contribution in [0, 0.1) is 0 Å². The summed E-state index contributed by atoms with van der Waals surface area (Å²) in [5.74, 6) is -0.180. The second-order valence-corrected chi connectivity index (χ2v) is 5.37. The summed E-state index contributed by atoms with van der Waals surface area (Å²) >= 11 is 0. The van der Waals surface area contributed by atoms with Crippen LogP contribution in [-0.2, 0) is 6.42 Å². The Balaban J connectivity index is 1.87. The highest BCUT2D eigenvalue weighted by Gasteiger charge is 2.24. The Labute approximate surface area is 127 Å². The third-order valence-corrected chi connectivity index (χ3v) is 3.70. The van der Waals surface area contributed by atoms with Gasteiger partial charge in [0, 0.05) is 45.2 Å². The fourth-order valence-corrected chi connectivity index (χ4v) is 2.57. The number of hydrogen-bond acceptors (Lipinski definition) is 6. The minimum absolute atomic E-state index is 0.0406. The van der Waals surface area contributed by atoms with E-state index in [2.05, 4.69) is 15.4 Å². The van der Waals surface area contributed by atoms with Gasteiger partial charge in [-0.25, -0.2) is 9.50 Å². The third kappa shape index (κ3) is 2.94. The van der Waals surface area contributed by atoms with E-state index in [1.54, 1.807) is 21.8 Å². The molecule has 0 bridgehead atoms. The van der Waals surface area contributed by atoms with Crippen molar-refractivity contribution in [3.05, 3.63) is 29.7 Å². The first-order chi connectivity index (χ1) is 10.7. The number of carbonyl (C=O) groups is 1. The summed E-state index contributed by atoms with van der Waals surface area (Å²) < 4.78 is 1.55. The molecule has 1 atom stereocenters. The molecule has 1 amide bonds. The van der Waals surface area contributed by atoms with E-state index < -0.39 is 6.10 Å². The van der Waals surface area contributed by atoms with Crippen molar-refractivity contribution in [3.8, 4) is 0 Å². The maximum Gasteiger partial charge on any atom is 0.259 e. The van der Waals surface area contributed by atoms with Crippen LogP contribution in [0.4, 0.5) is 0 Å². The molecular weight excluding hydrogens is 286 g/mol. The molecule has 1 fully saturated rings. The molecule has 8 heteroatoms. The molecule has 1 aliphatic rings. The molecule has 2 aromatic heterocycles. The lowest BCUT2D eigenvalue weighted by molar-refractivity contribution is 0.0674. The normalized spacial score (nSPS) is 19.4. The van der Waals surface area contributed by atoms with Gasteiger partial charge in [-0.3, -0.25) is 4.79 Å². The quantitative estimate of drug-likeness (QED) is 0.649. The largest absolute Gasteiger partial charge is 0.396 e. The molecule has 3 rings (SSSR count). The summed E-state index contributed by atoms with van der Waals surface area (Å²) in [5, 5.41) is 26.0. The lowest BCUT2D eigenvalue weighted by atomic mass is 10.2. The fraction of sp³-hybridized carbons (Fsp3) is 0.500. The van der Waals surface area contributed by atoms with Gasteiger partial charge >= 0.3 is 0 Å². The fourth-order valence-electron chi connectivity index (χ4n) is 2.57. The molecule has 1 unspecified atom stereocenters. The molecule has 118 valence electrons. The van der Waals surface area contributed by atoms with Gasteiger partial charge in [-0.1, -0.05) is 0 Å². The molecule has 0 aliphatic carbocycles. The van der Waals surface area contributed by atoms with Crippen LogP contribution in [0.3, 0.4) is 0 Å². The average molecular weight is 305 g/mol. The van der Waals surface area contributed by atoms with Crippen molar-refractivity contribution in [2.45, 2.75) is 12.5 Å². The first-order valence-electron chi connectivity index (χ1n) is 7.30. The maximum absolute atomic E-state index is 12.6. The Bertz CT molecular complexity index is 672. The zero-order valence-electron chi connectivity index (χ0n) is 12.1. The van der Waals surface area contributed by atoms with Crippen molar-refractivity contribution < 1.29 is 15.0 Å². The Morgan fingerprint density at radius 3 is 3.14 bits per heavy atom. The Morgan fingerprint density at radius 1 is 1.45 bits per heavy atom. The van der Waals surface area contributed by atoms with Crippen molar-refractivity contribution in [2.75, 3.05) is 32.8 Å². The summed E-state index contributed by atoms with van der Waals surface area (Å²) in [6.45, 7) is 2.01. The van der Waals surface area contributed by atoms with Crippen molar-refractivity contribution in [3.63, 3.8) is 0 Å². The third-order valence-electron chi connectivity index (χ3n) is 3.70. The molecule has 2 aromatic rings. The lowest BCUT2D eigenvalue weighted by Crippen LogP contribution is -2.37. The molecule has 0 spiro atoms. The summed E-state index contributed by atoms with van der Waals surface area (Å²) in [4.78, 5) is 18.5. The first kappa shape index (κ1) is 14.9. The van der Waals surface area contributed by atoms with Crippen molar-refractivity contribution >= 4 is 11.6 Å². The number of rotatable bonds is 3. The summed E-state index contributed by atoms with van der Waals surface area (Å²) in [5.41, 5.74) is 1.76. The molecule has 0 aromatic carbocycles. The van der Waals surface area contributed by atoms with Crippen LogP contribution >= 0.6 is 0 Å². The van der Waals surface area contributed by atoms with Crippen LogP contribution in [-0.4, -0.2) is 74.5 Å². The minimum Gasteiger partial charge on any atom is -0.396 e. The number of carbonyl (C=O) groups excluding carboxylic acids is 1. The number of nitrogens with zero attached hydrogens (tertiary/aromatic N) is 4. The number of amides is 1. The predicted molar refractivity (Wildman–Crippen MR) is 78.6 cm³/mol. The molecule has 8 nitrogen and oxygen atoms in total. The van der Waals surface area contributed by atoms with Gasteiger partial charge in [-0.2, -0.15) is 5.10 Å². The molecule has 3 N–H and O–H groups in total. The Kier molecular flexibility index (Phi) is 4.32. The van der Waals surface area contributed by atoms with Gasteiger partial charge in [-0.05, 0) is 12.0 Å². The van der Waals surface area contributed by atoms with E-state index in [1.807, 2.05) is 0 Å². The molecule has 1 saturated heterocycles. The predicted octanol–water partition coefficient (Wildman–Crippen LogP) is -1.33. The van der Waals surface area contributed by atoms with Gasteiger partial charge in [0.1, 0.15) is 5.56 Å². The van der Waals surface area contributed by atoms with Crippen LogP contribution in [0.5, 0.6) is 0 Å². The second-order valence-electron chi connectivity index (χ2n) is 5.37. The number of aliphatic hydroxyl groups is 2. The van der Waals surface area contributed by atoms with Gasteiger partial charge in [0.2, 0.25) is 0 Å². The second kappa shape index (κ2) is 6.39. The van der Waals surface area contributed by atoms with Crippen molar-refractivity contribution in [1.82, 2.24) is 24.8 Å². The highest BCUT2D eigenvalue weighted by Crippen LogP contribution is 2.13. The Morgan fingerprint density at radius 2 is 2.32 bits per heavy atom. The van der Waals surface area contributed by atoms with Gasteiger partial charge in [-0.15, -0.1) is 0 Å². The van der Waals surface area contributed by atoms with Crippen LogP contribution < -0.4 is 5.32 Å². The standard InChI is InChI=1S/C14H19N5O3/c20-4-1-10-5-16-13-12(7-17-19(13)8-10)14(22)18-3-2-15-6-11(21)9-18/h5,7-8,11,15,20-21H,1-4,6,9H2. The monoisotopic (exact) mass is 305 g/mol. The zero-order chi connectivity index (χ0) is 15.5. The summed E-state index contributed by atoms with van der Waals surface area (Å²) in [6, 6.07) is 0. The highest BCUT2D eigenvalue weighted by molar-refractivity contribution is 5.99. The molecule has 1 aliphatic heterocycles. The first-order valence-corrected chi connectivity index (χ1v) is 7.30. The van der Waals surface area contributed by atoms with Gasteiger partial charge < -0.3 is 20.4 Å². The van der Waals surface area contributed by atoms with Gasteiger partial charge in [0.15, 0.2) is 5.65 Å². The molecule has 22 heavy (non-hydrogen) atoms. The smallest absolute Gasteiger partial charge is 0.259 e. The van der Waals surface area contributed by atoms with Crippen LogP contribution in [0.25, 0.3) is 5.65 Å². The van der Waals surface area contributed by atoms with Crippen LogP contribution in [0.15, 0.2) is 18.6 Å². The Hall–Kier alpha value is -2.03. The van der Waals surface area contributed by atoms with E-state index in [-0.39, 0.29) is 12.5 Å². The number of nitrogens with one attached hydrogen (secondary N) is 1. The molecule has 0 radical (unpaired) electrons. The van der Waals surface area contributed by atoms with Gasteiger partial charge in [0.05, 0.1) is 12.3 Å². The van der Waals surface area contributed by atoms with E-state index in [1.165, 1.54) is 6.20 Å². The van der Waals surface area contributed by atoms with E-state index in [0.717, 1.165) is 5.56 Å². The number of fused-ring (bicyclic) bond motifs is 1. The van der Waals surface area contributed by atoms with Gasteiger partial charge in [0.25, 0.3) is 5.91 Å². The number of aliphatic hydroxyl groups excluding tert-OH is 2. The number of aromatic nitrogens is 3. The lowest BCUT2D eigenvalue weighted by Gasteiger charge is -2.21. The van der Waals surface area contributed by atoms with E-state index in [0.29, 0.717) is 43.8 Å².